The van der Waals surface area contributed by atoms with Crippen molar-refractivity contribution in [2.75, 3.05) is 4.90 Å². The highest BCUT2D eigenvalue weighted by molar-refractivity contribution is 8.27. The summed E-state index contributed by atoms with van der Waals surface area (Å²) in [5.74, 6) is -0.627. The molecule has 1 aliphatic rings. The summed E-state index contributed by atoms with van der Waals surface area (Å²) in [5.41, 5.74) is 1.40. The van der Waals surface area contributed by atoms with Crippen LogP contribution in [0.2, 0.25) is 0 Å². The average Bonchev–Trinajstić information content (AvgIpc) is 2.89. The number of nitrogens with zero attached hydrogens (tertiary/aromatic N) is 1. The first kappa shape index (κ1) is 16.0. The van der Waals surface area contributed by atoms with E-state index in [0.717, 1.165) is 16.3 Å². The molecule has 1 saturated heterocycles. The van der Waals surface area contributed by atoms with E-state index in [9.17, 15) is 9.18 Å². The molecule has 1 fully saturated rings. The molecular weight excluding hydrogens is 353 g/mol. The number of hydrogen-bond donors (Lipinski definition) is 0. The Kier molecular flexibility index (Phi) is 4.11. The van der Waals surface area contributed by atoms with Gasteiger partial charge in [-0.2, -0.15) is 0 Å². The predicted molar refractivity (Wildman–Crippen MR) is 106 cm³/mol. The third-order valence-electron chi connectivity index (χ3n) is 3.97. The molecule has 1 aliphatic heterocycles. The average molecular weight is 365 g/mol. The summed E-state index contributed by atoms with van der Waals surface area (Å²) in [4.78, 5) is 14.7. The molecular formula is C20H12FNOS2. The van der Waals surface area contributed by atoms with Gasteiger partial charge in [0.25, 0.3) is 5.91 Å². The van der Waals surface area contributed by atoms with E-state index in [2.05, 4.69) is 0 Å². The van der Waals surface area contributed by atoms with Crippen LogP contribution in [-0.4, -0.2) is 10.2 Å². The summed E-state index contributed by atoms with van der Waals surface area (Å²) < 4.78 is 13.9. The van der Waals surface area contributed by atoms with Crippen molar-refractivity contribution in [2.24, 2.45) is 0 Å². The molecule has 0 N–H and O–H groups in total. The predicted octanol–water partition coefficient (Wildman–Crippen LogP) is 5.38. The largest absolute Gasteiger partial charge is 0.270 e. The Morgan fingerprint density at radius 3 is 2.60 bits per heavy atom. The molecule has 3 aromatic carbocycles. The van der Waals surface area contributed by atoms with Crippen LogP contribution < -0.4 is 4.90 Å². The van der Waals surface area contributed by atoms with Crippen LogP contribution in [0.1, 0.15) is 5.56 Å². The fourth-order valence-corrected chi connectivity index (χ4v) is 4.11. The van der Waals surface area contributed by atoms with E-state index in [1.54, 1.807) is 12.1 Å². The van der Waals surface area contributed by atoms with Gasteiger partial charge < -0.3 is 0 Å². The second-order valence-electron chi connectivity index (χ2n) is 5.57. The van der Waals surface area contributed by atoms with Crippen LogP contribution in [0.5, 0.6) is 0 Å². The lowest BCUT2D eigenvalue weighted by molar-refractivity contribution is -0.113. The lowest BCUT2D eigenvalue weighted by Gasteiger charge is -2.14. The number of rotatable bonds is 2. The Bertz CT molecular complexity index is 1040. The van der Waals surface area contributed by atoms with E-state index in [4.69, 9.17) is 12.2 Å². The zero-order valence-corrected chi connectivity index (χ0v) is 14.6. The molecule has 0 radical (unpaired) electrons. The number of hydrogen-bond acceptors (Lipinski definition) is 3. The fraction of sp³-hybridized carbons (Fsp3) is 0. The molecule has 0 spiro atoms. The number of fused-ring (bicyclic) bond motifs is 1. The van der Waals surface area contributed by atoms with Crippen LogP contribution in [0.4, 0.5) is 10.1 Å². The topological polar surface area (TPSA) is 20.3 Å². The van der Waals surface area contributed by atoms with E-state index in [0.29, 0.717) is 14.9 Å². The van der Waals surface area contributed by atoms with Crippen LogP contribution >= 0.6 is 24.0 Å². The highest BCUT2D eigenvalue weighted by Crippen LogP contribution is 2.36. The Balaban J connectivity index is 1.75. The first-order chi connectivity index (χ1) is 12.1. The van der Waals surface area contributed by atoms with Crippen molar-refractivity contribution in [3.05, 3.63) is 83.0 Å². The van der Waals surface area contributed by atoms with Gasteiger partial charge in [-0.15, -0.1) is 0 Å². The van der Waals surface area contributed by atoms with Gasteiger partial charge in [-0.3, -0.25) is 9.69 Å². The molecule has 0 saturated carbocycles. The maximum absolute atomic E-state index is 13.5. The van der Waals surface area contributed by atoms with Crippen molar-refractivity contribution in [3.8, 4) is 0 Å². The first-order valence-electron chi connectivity index (χ1n) is 7.65. The van der Waals surface area contributed by atoms with Crippen molar-refractivity contribution in [1.82, 2.24) is 0 Å². The second kappa shape index (κ2) is 6.43. The van der Waals surface area contributed by atoms with E-state index in [1.165, 1.54) is 28.8 Å². The van der Waals surface area contributed by atoms with Crippen LogP contribution in [0.15, 0.2) is 71.6 Å². The Labute approximate surface area is 154 Å². The highest BCUT2D eigenvalue weighted by atomic mass is 32.2. The standard InChI is InChI=1S/C20H12FNOS2/c21-15-8-4-9-16(12-15)22-19(23)18(25-20(22)24)11-14-7-3-6-13-5-1-2-10-17(13)14/h1-12H/b18-11-. The number of anilines is 1. The quantitative estimate of drug-likeness (QED) is 0.449. The van der Waals surface area contributed by atoms with Crippen LogP contribution in [-0.2, 0) is 4.79 Å². The number of carbonyl (C=O) groups is 1. The smallest absolute Gasteiger partial charge is 0.268 e. The lowest BCUT2D eigenvalue weighted by atomic mass is 10.0. The fourth-order valence-electron chi connectivity index (χ4n) is 2.82. The van der Waals surface area contributed by atoms with Crippen molar-refractivity contribution in [3.63, 3.8) is 0 Å². The monoisotopic (exact) mass is 365 g/mol. The molecule has 4 rings (SSSR count). The van der Waals surface area contributed by atoms with Gasteiger partial charge in [-0.05, 0) is 40.6 Å². The molecule has 25 heavy (non-hydrogen) atoms. The molecule has 1 heterocycles. The molecule has 122 valence electrons. The Hall–Kier alpha value is -2.50. The number of carbonyl (C=O) groups excluding carboxylic acids is 1. The SMILES string of the molecule is O=C1/C(=C/c2cccc3ccccc23)SC(=S)N1c1cccc(F)c1. The molecule has 1 amide bonds. The molecule has 2 nitrogen and oxygen atoms in total. The molecule has 3 aromatic rings. The number of halogens is 1. The van der Waals surface area contributed by atoms with Crippen molar-refractivity contribution >= 4 is 56.7 Å². The first-order valence-corrected chi connectivity index (χ1v) is 8.87. The van der Waals surface area contributed by atoms with Gasteiger partial charge in [0.15, 0.2) is 4.32 Å². The molecule has 0 bridgehead atoms. The zero-order valence-electron chi connectivity index (χ0n) is 13.0. The second-order valence-corrected chi connectivity index (χ2v) is 7.24. The normalized spacial score (nSPS) is 16.2. The van der Waals surface area contributed by atoms with Crippen LogP contribution in [0.25, 0.3) is 16.8 Å². The lowest BCUT2D eigenvalue weighted by Crippen LogP contribution is -2.27. The molecule has 0 aromatic heterocycles. The Morgan fingerprint density at radius 1 is 1.00 bits per heavy atom. The van der Waals surface area contributed by atoms with E-state index < -0.39 is 5.82 Å². The number of thioether (sulfide) groups is 1. The summed E-state index contributed by atoms with van der Waals surface area (Å²) in [6, 6.07) is 19.9. The maximum atomic E-state index is 13.5. The van der Waals surface area contributed by atoms with Gasteiger partial charge in [-0.1, -0.05) is 72.5 Å². The highest BCUT2D eigenvalue weighted by Gasteiger charge is 2.33. The van der Waals surface area contributed by atoms with Crippen LogP contribution in [0, 0.1) is 5.82 Å². The van der Waals surface area contributed by atoms with Gasteiger partial charge in [0.2, 0.25) is 0 Å². The van der Waals surface area contributed by atoms with Gasteiger partial charge in [0.05, 0.1) is 10.6 Å². The van der Waals surface area contributed by atoms with E-state index in [1.807, 2.05) is 48.5 Å². The number of thiocarbonyl (C=S) groups is 1. The van der Waals surface area contributed by atoms with Gasteiger partial charge in [-0.25, -0.2) is 4.39 Å². The van der Waals surface area contributed by atoms with Crippen LogP contribution in [0.3, 0.4) is 0 Å². The number of amides is 1. The minimum atomic E-state index is -0.399. The Morgan fingerprint density at radius 2 is 1.76 bits per heavy atom. The van der Waals surface area contributed by atoms with Crippen molar-refractivity contribution in [1.29, 1.82) is 0 Å². The maximum Gasteiger partial charge on any atom is 0.270 e. The van der Waals surface area contributed by atoms with E-state index >= 15 is 0 Å². The van der Waals surface area contributed by atoms with Crippen molar-refractivity contribution in [2.45, 2.75) is 0 Å². The minimum absolute atomic E-state index is 0.228. The number of benzene rings is 3. The molecule has 0 aliphatic carbocycles. The zero-order chi connectivity index (χ0) is 17.4. The minimum Gasteiger partial charge on any atom is -0.268 e. The summed E-state index contributed by atoms with van der Waals surface area (Å²) in [6.45, 7) is 0. The molecule has 0 atom stereocenters. The van der Waals surface area contributed by atoms with Crippen molar-refractivity contribution < 1.29 is 9.18 Å². The summed E-state index contributed by atoms with van der Waals surface area (Å²) in [6.07, 6.45) is 1.85. The summed E-state index contributed by atoms with van der Waals surface area (Å²) in [7, 11) is 0. The van der Waals surface area contributed by atoms with Gasteiger partial charge in [0.1, 0.15) is 5.82 Å². The molecule has 5 heteroatoms. The molecule has 0 unspecified atom stereocenters. The summed E-state index contributed by atoms with van der Waals surface area (Å²) >= 11 is 6.57. The van der Waals surface area contributed by atoms with Gasteiger partial charge >= 0.3 is 0 Å². The third kappa shape index (κ3) is 2.97. The van der Waals surface area contributed by atoms with Gasteiger partial charge in [0, 0.05) is 0 Å². The van der Waals surface area contributed by atoms with E-state index in [-0.39, 0.29) is 5.91 Å². The third-order valence-corrected chi connectivity index (χ3v) is 5.27. The summed E-state index contributed by atoms with van der Waals surface area (Å²) in [5, 5.41) is 2.18.